The summed E-state index contributed by atoms with van der Waals surface area (Å²) in [6.45, 7) is 0. The number of hydrogen-bond donors (Lipinski definition) is 1. The molecule has 1 aromatic carbocycles. The number of benzene rings is 1. The monoisotopic (exact) mass is 320 g/mol. The molecule has 2 rings (SSSR count). The highest BCUT2D eigenvalue weighted by Gasteiger charge is 2.17. The van der Waals surface area contributed by atoms with Crippen LogP contribution < -0.4 is 5.32 Å². The van der Waals surface area contributed by atoms with Gasteiger partial charge in [-0.05, 0) is 18.2 Å². The number of carbonyl (C=O) groups excluding carboxylic acids is 1. The van der Waals surface area contributed by atoms with Crippen molar-refractivity contribution in [3.05, 3.63) is 39.1 Å². The first-order valence-electron chi connectivity index (χ1n) is 4.98. The number of nitrogens with one attached hydrogen (secondary N) is 1. The molecule has 0 aliphatic heterocycles. The lowest BCUT2D eigenvalue weighted by Crippen LogP contribution is -1.98. The van der Waals surface area contributed by atoms with Gasteiger partial charge in [0.15, 0.2) is 15.2 Å². The molecule has 100 valence electrons. The minimum absolute atomic E-state index is 0.00808. The van der Waals surface area contributed by atoms with Crippen LogP contribution in [0.3, 0.4) is 0 Å². The van der Waals surface area contributed by atoms with Gasteiger partial charge in [-0.1, -0.05) is 34.5 Å². The molecular formula is C11H7Cl2FN2O2S. The van der Waals surface area contributed by atoms with E-state index in [-0.39, 0.29) is 25.9 Å². The molecule has 8 heteroatoms. The maximum absolute atomic E-state index is 13.6. The molecule has 0 atom stereocenters. The number of methoxy groups -OCH3 is 1. The van der Waals surface area contributed by atoms with Gasteiger partial charge in [0.25, 0.3) is 0 Å². The zero-order valence-corrected chi connectivity index (χ0v) is 11.9. The van der Waals surface area contributed by atoms with Gasteiger partial charge in [-0.15, -0.1) is 0 Å². The molecule has 0 aliphatic rings. The summed E-state index contributed by atoms with van der Waals surface area (Å²) in [5, 5.41) is 3.30. The van der Waals surface area contributed by atoms with Crippen molar-refractivity contribution in [1.82, 2.24) is 4.98 Å². The van der Waals surface area contributed by atoms with Gasteiger partial charge in [-0.2, -0.15) is 0 Å². The standard InChI is InChI=1S/C11H7Cl2FN2O2S/c1-18-10(17)8-9(13)16-11(19-8)15-7-3-2-5(12)4-6(7)14/h2-4H,1H3,(H,15,16). The molecular weight excluding hydrogens is 314 g/mol. The second-order valence-corrected chi connectivity index (χ2v) is 5.17. The molecule has 19 heavy (non-hydrogen) atoms. The van der Waals surface area contributed by atoms with Crippen LogP contribution in [0.25, 0.3) is 0 Å². The van der Waals surface area contributed by atoms with Gasteiger partial charge in [-0.25, -0.2) is 14.2 Å². The van der Waals surface area contributed by atoms with Gasteiger partial charge in [0, 0.05) is 5.02 Å². The summed E-state index contributed by atoms with van der Waals surface area (Å²) >= 11 is 12.4. The van der Waals surface area contributed by atoms with E-state index < -0.39 is 11.8 Å². The summed E-state index contributed by atoms with van der Waals surface area (Å²) in [6.07, 6.45) is 0. The lowest BCUT2D eigenvalue weighted by molar-refractivity contribution is 0.0606. The van der Waals surface area contributed by atoms with Gasteiger partial charge < -0.3 is 10.1 Å². The average molecular weight is 321 g/mol. The van der Waals surface area contributed by atoms with E-state index in [2.05, 4.69) is 15.0 Å². The number of hydrogen-bond acceptors (Lipinski definition) is 5. The fraction of sp³-hybridized carbons (Fsp3) is 0.0909. The molecule has 0 unspecified atom stereocenters. The Morgan fingerprint density at radius 1 is 1.47 bits per heavy atom. The van der Waals surface area contributed by atoms with Crippen molar-refractivity contribution in [1.29, 1.82) is 0 Å². The number of aromatic nitrogens is 1. The Morgan fingerprint density at radius 3 is 2.84 bits per heavy atom. The van der Waals surface area contributed by atoms with Crippen LogP contribution in [0.2, 0.25) is 10.2 Å². The van der Waals surface area contributed by atoms with Crippen molar-refractivity contribution in [3.8, 4) is 0 Å². The van der Waals surface area contributed by atoms with Gasteiger partial charge in [0.05, 0.1) is 12.8 Å². The number of ether oxygens (including phenoxy) is 1. The lowest BCUT2D eigenvalue weighted by atomic mass is 10.3. The third-order valence-corrected chi connectivity index (χ3v) is 3.70. The number of rotatable bonds is 3. The third-order valence-electron chi connectivity index (χ3n) is 2.13. The second-order valence-electron chi connectivity index (χ2n) is 3.38. The Hall–Kier alpha value is -1.37. The molecule has 0 bridgehead atoms. The van der Waals surface area contributed by atoms with Crippen LogP contribution in [0.4, 0.5) is 15.2 Å². The summed E-state index contributed by atoms with van der Waals surface area (Å²) < 4.78 is 18.1. The molecule has 0 amide bonds. The number of carbonyl (C=O) groups is 1. The van der Waals surface area contributed by atoms with E-state index in [1.165, 1.54) is 25.3 Å². The van der Waals surface area contributed by atoms with Crippen LogP contribution in [0, 0.1) is 5.82 Å². The quantitative estimate of drug-likeness (QED) is 0.864. The minimum atomic E-state index is -0.591. The SMILES string of the molecule is COC(=O)c1sc(Nc2ccc(Cl)cc2F)nc1Cl. The fourth-order valence-corrected chi connectivity index (χ4v) is 2.55. The molecule has 1 heterocycles. The first-order chi connectivity index (χ1) is 9.01. The predicted molar refractivity (Wildman–Crippen MR) is 73.2 cm³/mol. The first kappa shape index (κ1) is 14.0. The summed E-state index contributed by atoms with van der Waals surface area (Å²) in [7, 11) is 1.24. The summed E-state index contributed by atoms with van der Waals surface area (Å²) in [6, 6.07) is 4.16. The van der Waals surface area contributed by atoms with Gasteiger partial charge in [0.1, 0.15) is 5.82 Å². The number of nitrogens with zero attached hydrogens (tertiary/aromatic N) is 1. The molecule has 4 nitrogen and oxygen atoms in total. The number of anilines is 2. The molecule has 0 saturated heterocycles. The summed E-state index contributed by atoms with van der Waals surface area (Å²) in [4.78, 5) is 15.4. The number of thiazole rings is 1. The highest BCUT2D eigenvalue weighted by Crippen LogP contribution is 2.31. The molecule has 1 aromatic heterocycles. The van der Waals surface area contributed by atoms with E-state index >= 15 is 0 Å². The largest absolute Gasteiger partial charge is 0.465 e. The highest BCUT2D eigenvalue weighted by molar-refractivity contribution is 7.18. The highest BCUT2D eigenvalue weighted by atomic mass is 35.5. The molecule has 0 spiro atoms. The molecule has 0 saturated carbocycles. The van der Waals surface area contributed by atoms with E-state index in [1.54, 1.807) is 0 Å². The van der Waals surface area contributed by atoms with E-state index in [0.717, 1.165) is 11.3 Å². The van der Waals surface area contributed by atoms with E-state index in [1.807, 2.05) is 0 Å². The third kappa shape index (κ3) is 3.15. The van der Waals surface area contributed by atoms with Crippen molar-refractivity contribution in [2.75, 3.05) is 12.4 Å². The fourth-order valence-electron chi connectivity index (χ4n) is 1.28. The van der Waals surface area contributed by atoms with Gasteiger partial charge in [0.2, 0.25) is 0 Å². The first-order valence-corrected chi connectivity index (χ1v) is 6.55. The van der Waals surface area contributed by atoms with Crippen molar-refractivity contribution < 1.29 is 13.9 Å². The van der Waals surface area contributed by atoms with Crippen molar-refractivity contribution >= 4 is 51.3 Å². The topological polar surface area (TPSA) is 51.2 Å². The van der Waals surface area contributed by atoms with Crippen LogP contribution in [-0.2, 0) is 4.74 Å². The van der Waals surface area contributed by atoms with E-state index in [4.69, 9.17) is 23.2 Å². The van der Waals surface area contributed by atoms with Crippen LogP contribution >= 0.6 is 34.5 Å². The van der Waals surface area contributed by atoms with Gasteiger partial charge >= 0.3 is 5.97 Å². The Kier molecular flexibility index (Phi) is 4.24. The molecule has 0 radical (unpaired) electrons. The molecule has 2 aromatic rings. The lowest BCUT2D eigenvalue weighted by Gasteiger charge is -2.03. The van der Waals surface area contributed by atoms with E-state index in [0.29, 0.717) is 0 Å². The average Bonchev–Trinajstić information content (AvgIpc) is 2.73. The second kappa shape index (κ2) is 5.73. The van der Waals surface area contributed by atoms with Gasteiger partial charge in [-0.3, -0.25) is 0 Å². The van der Waals surface area contributed by atoms with Crippen LogP contribution in [0.1, 0.15) is 9.67 Å². The Morgan fingerprint density at radius 2 is 2.21 bits per heavy atom. The normalized spacial score (nSPS) is 10.3. The zero-order chi connectivity index (χ0) is 14.0. The summed E-state index contributed by atoms with van der Waals surface area (Å²) in [5.74, 6) is -1.12. The zero-order valence-electron chi connectivity index (χ0n) is 9.54. The number of esters is 1. The molecule has 0 aliphatic carbocycles. The van der Waals surface area contributed by atoms with Crippen molar-refractivity contribution in [2.24, 2.45) is 0 Å². The molecule has 0 fully saturated rings. The maximum Gasteiger partial charge on any atom is 0.351 e. The number of halogens is 3. The van der Waals surface area contributed by atoms with Crippen molar-refractivity contribution in [2.45, 2.75) is 0 Å². The predicted octanol–water partition coefficient (Wildman–Crippen LogP) is 4.12. The molecule has 1 N–H and O–H groups in total. The Balaban J connectivity index is 2.26. The Labute approximate surface area is 122 Å². The van der Waals surface area contributed by atoms with E-state index in [9.17, 15) is 9.18 Å². The van der Waals surface area contributed by atoms with Crippen molar-refractivity contribution in [3.63, 3.8) is 0 Å². The maximum atomic E-state index is 13.6. The minimum Gasteiger partial charge on any atom is -0.465 e. The smallest absolute Gasteiger partial charge is 0.351 e. The summed E-state index contributed by atoms with van der Waals surface area (Å²) in [5.41, 5.74) is 0.186. The van der Waals surface area contributed by atoms with Crippen LogP contribution in [0.15, 0.2) is 18.2 Å². The van der Waals surface area contributed by atoms with Crippen LogP contribution in [0.5, 0.6) is 0 Å². The van der Waals surface area contributed by atoms with Crippen LogP contribution in [-0.4, -0.2) is 18.1 Å². The Bertz CT molecular complexity index is 633.